The highest BCUT2D eigenvalue weighted by Gasteiger charge is 2.01. The van der Waals surface area contributed by atoms with Crippen molar-refractivity contribution < 1.29 is 38.0 Å². The fourth-order valence-corrected chi connectivity index (χ4v) is 1.88. The van der Waals surface area contributed by atoms with Gasteiger partial charge < -0.3 is 28.4 Å². The van der Waals surface area contributed by atoms with E-state index in [0.717, 1.165) is 0 Å². The second-order valence-corrected chi connectivity index (χ2v) is 5.73. The molecule has 0 radical (unpaired) electrons. The van der Waals surface area contributed by atoms with Crippen molar-refractivity contribution in [2.24, 2.45) is 0 Å². The van der Waals surface area contributed by atoms with E-state index < -0.39 is 0 Å². The highest BCUT2D eigenvalue weighted by Crippen LogP contribution is 1.90. The SMILES string of the molecule is O=C(CCS)OCCOCCOCCOCCOCCOC(=O)CCS. The minimum atomic E-state index is -0.268. The Hall–Kier alpha value is -0.520. The first-order valence-corrected chi connectivity index (χ1v) is 9.81. The van der Waals surface area contributed by atoms with E-state index in [9.17, 15) is 9.59 Å². The van der Waals surface area contributed by atoms with E-state index in [1.165, 1.54) is 0 Å². The molecular weight excluding hydrogens is 384 g/mol. The molecule has 0 fully saturated rings. The third-order valence-electron chi connectivity index (χ3n) is 2.73. The standard InChI is InChI=1S/C16H30O8S2/c17-15(1-13-25)23-11-9-21-7-5-19-3-4-20-6-8-22-10-12-24-16(18)2-14-26/h25-26H,1-14H2. The normalized spacial score (nSPS) is 10.7. The molecule has 154 valence electrons. The van der Waals surface area contributed by atoms with Gasteiger partial charge in [-0.25, -0.2) is 0 Å². The van der Waals surface area contributed by atoms with Crippen LogP contribution in [0, 0.1) is 0 Å². The summed E-state index contributed by atoms with van der Waals surface area (Å²) in [5.74, 6) is 0.424. The molecule has 0 atom stereocenters. The van der Waals surface area contributed by atoms with Crippen LogP contribution in [0.15, 0.2) is 0 Å². The van der Waals surface area contributed by atoms with Crippen molar-refractivity contribution in [3.05, 3.63) is 0 Å². The van der Waals surface area contributed by atoms with Crippen LogP contribution >= 0.6 is 25.3 Å². The number of hydrogen-bond donors (Lipinski definition) is 2. The molecule has 0 amide bonds. The Bertz CT molecular complexity index is 312. The van der Waals surface area contributed by atoms with Crippen LogP contribution in [-0.4, -0.2) is 89.5 Å². The van der Waals surface area contributed by atoms with Crippen LogP contribution in [0.1, 0.15) is 12.8 Å². The first kappa shape index (κ1) is 25.5. The van der Waals surface area contributed by atoms with Gasteiger partial charge in [-0.05, 0) is 0 Å². The average Bonchev–Trinajstić information content (AvgIpc) is 2.61. The van der Waals surface area contributed by atoms with Gasteiger partial charge in [0.15, 0.2) is 0 Å². The van der Waals surface area contributed by atoms with Crippen LogP contribution < -0.4 is 0 Å². The summed E-state index contributed by atoms with van der Waals surface area (Å²) < 4.78 is 31.0. The van der Waals surface area contributed by atoms with Gasteiger partial charge in [0.25, 0.3) is 0 Å². The van der Waals surface area contributed by atoms with Crippen molar-refractivity contribution in [1.29, 1.82) is 0 Å². The maximum absolute atomic E-state index is 11.0. The zero-order valence-electron chi connectivity index (χ0n) is 15.1. The molecule has 0 aliphatic heterocycles. The van der Waals surface area contributed by atoms with Gasteiger partial charge in [0, 0.05) is 11.5 Å². The maximum Gasteiger partial charge on any atom is 0.306 e. The predicted molar refractivity (Wildman–Crippen MR) is 102 cm³/mol. The smallest absolute Gasteiger partial charge is 0.306 e. The van der Waals surface area contributed by atoms with Crippen molar-refractivity contribution in [3.8, 4) is 0 Å². The second kappa shape index (κ2) is 20.8. The number of hydrogen-bond acceptors (Lipinski definition) is 10. The Kier molecular flexibility index (Phi) is 20.4. The largest absolute Gasteiger partial charge is 0.463 e. The van der Waals surface area contributed by atoms with E-state index in [4.69, 9.17) is 28.4 Å². The van der Waals surface area contributed by atoms with E-state index in [1.807, 2.05) is 0 Å². The van der Waals surface area contributed by atoms with Crippen molar-refractivity contribution in [1.82, 2.24) is 0 Å². The van der Waals surface area contributed by atoms with Gasteiger partial charge >= 0.3 is 11.9 Å². The minimum absolute atomic E-state index is 0.240. The maximum atomic E-state index is 11.0. The zero-order valence-corrected chi connectivity index (χ0v) is 16.8. The van der Waals surface area contributed by atoms with Crippen LogP contribution in [0.4, 0.5) is 0 Å². The van der Waals surface area contributed by atoms with Crippen LogP contribution in [0.5, 0.6) is 0 Å². The van der Waals surface area contributed by atoms with Gasteiger partial charge in [0.05, 0.1) is 65.7 Å². The Balaban J connectivity index is 3.09. The number of thiol groups is 2. The summed E-state index contributed by atoms with van der Waals surface area (Å²) in [6.45, 7) is 3.85. The molecule has 0 rings (SSSR count). The highest BCUT2D eigenvalue weighted by atomic mass is 32.1. The third kappa shape index (κ3) is 19.8. The molecule has 0 saturated carbocycles. The van der Waals surface area contributed by atoms with Crippen LogP contribution in [-0.2, 0) is 38.0 Å². The number of esters is 2. The topological polar surface area (TPSA) is 89.5 Å². The Morgan fingerprint density at radius 1 is 0.500 bits per heavy atom. The van der Waals surface area contributed by atoms with Gasteiger partial charge in [0.2, 0.25) is 0 Å². The fourth-order valence-electron chi connectivity index (χ4n) is 1.52. The molecule has 0 heterocycles. The van der Waals surface area contributed by atoms with Crippen molar-refractivity contribution in [2.45, 2.75) is 12.8 Å². The molecule has 0 bridgehead atoms. The van der Waals surface area contributed by atoms with Crippen molar-refractivity contribution in [2.75, 3.05) is 77.6 Å². The van der Waals surface area contributed by atoms with Gasteiger partial charge in [-0.2, -0.15) is 25.3 Å². The number of carbonyl (C=O) groups is 2. The molecule has 0 unspecified atom stereocenters. The van der Waals surface area contributed by atoms with E-state index in [2.05, 4.69) is 25.3 Å². The molecule has 0 N–H and O–H groups in total. The third-order valence-corrected chi connectivity index (χ3v) is 3.18. The molecule has 0 aromatic heterocycles. The van der Waals surface area contributed by atoms with E-state index in [0.29, 0.717) is 77.2 Å². The van der Waals surface area contributed by atoms with E-state index in [1.54, 1.807) is 0 Å². The number of carbonyl (C=O) groups excluding carboxylic acids is 2. The van der Waals surface area contributed by atoms with Crippen molar-refractivity contribution >= 4 is 37.2 Å². The number of ether oxygens (including phenoxy) is 6. The summed E-state index contributed by atoms with van der Waals surface area (Å²) in [6, 6.07) is 0. The Labute approximate surface area is 166 Å². The molecule has 0 spiro atoms. The fraction of sp³-hybridized carbons (Fsp3) is 0.875. The van der Waals surface area contributed by atoms with E-state index >= 15 is 0 Å². The minimum Gasteiger partial charge on any atom is -0.463 e. The van der Waals surface area contributed by atoms with Crippen molar-refractivity contribution in [3.63, 3.8) is 0 Å². The number of rotatable bonds is 19. The monoisotopic (exact) mass is 414 g/mol. The summed E-state index contributed by atoms with van der Waals surface area (Å²) in [5.41, 5.74) is 0. The summed E-state index contributed by atoms with van der Waals surface area (Å²) in [6.07, 6.45) is 0.613. The van der Waals surface area contributed by atoms with Crippen LogP contribution in [0.3, 0.4) is 0 Å². The molecule has 8 nitrogen and oxygen atoms in total. The van der Waals surface area contributed by atoms with Gasteiger partial charge in [-0.3, -0.25) is 9.59 Å². The average molecular weight is 415 g/mol. The summed E-state index contributed by atoms with van der Waals surface area (Å²) in [7, 11) is 0. The lowest BCUT2D eigenvalue weighted by Gasteiger charge is -2.08. The molecule has 0 aromatic rings. The summed E-state index contributed by atoms with van der Waals surface area (Å²) >= 11 is 7.88. The summed E-state index contributed by atoms with van der Waals surface area (Å²) in [4.78, 5) is 22.1. The molecular formula is C16H30O8S2. The second-order valence-electron chi connectivity index (χ2n) is 4.84. The lowest BCUT2D eigenvalue weighted by molar-refractivity contribution is -0.145. The molecule has 10 heteroatoms. The predicted octanol–water partition coefficient (Wildman–Crippen LogP) is 0.779. The molecule has 0 saturated heterocycles. The Morgan fingerprint density at radius 3 is 1.04 bits per heavy atom. The lowest BCUT2D eigenvalue weighted by Crippen LogP contribution is -2.15. The van der Waals surface area contributed by atoms with Gasteiger partial charge in [0.1, 0.15) is 13.2 Å². The van der Waals surface area contributed by atoms with E-state index in [-0.39, 0.29) is 25.2 Å². The quantitative estimate of drug-likeness (QED) is 0.182. The summed E-state index contributed by atoms with van der Waals surface area (Å²) in [5, 5.41) is 0. The van der Waals surface area contributed by atoms with Crippen LogP contribution in [0.25, 0.3) is 0 Å². The molecule has 26 heavy (non-hydrogen) atoms. The zero-order chi connectivity index (χ0) is 19.3. The lowest BCUT2D eigenvalue weighted by atomic mass is 10.5. The van der Waals surface area contributed by atoms with Crippen LogP contribution in [0.2, 0.25) is 0 Å². The molecule has 0 aliphatic carbocycles. The van der Waals surface area contributed by atoms with Gasteiger partial charge in [-0.15, -0.1) is 0 Å². The Morgan fingerprint density at radius 2 is 0.769 bits per heavy atom. The molecule has 0 aliphatic rings. The molecule has 0 aromatic carbocycles. The first-order chi connectivity index (χ1) is 12.7. The highest BCUT2D eigenvalue weighted by molar-refractivity contribution is 7.80. The van der Waals surface area contributed by atoms with Gasteiger partial charge in [-0.1, -0.05) is 0 Å². The first-order valence-electron chi connectivity index (χ1n) is 8.54.